The van der Waals surface area contributed by atoms with E-state index in [0.29, 0.717) is 11.6 Å². The molecular formula is C21H20N2O2S. The lowest BCUT2D eigenvalue weighted by molar-refractivity contribution is -0.125. The van der Waals surface area contributed by atoms with Crippen molar-refractivity contribution in [3.05, 3.63) is 76.8 Å². The van der Waals surface area contributed by atoms with E-state index < -0.39 is 5.41 Å². The van der Waals surface area contributed by atoms with E-state index in [1.807, 2.05) is 42.6 Å². The largest absolute Gasteiger partial charge is 0.497 e. The minimum atomic E-state index is -0.596. The molecule has 26 heavy (non-hydrogen) atoms. The molecule has 0 saturated heterocycles. The van der Waals surface area contributed by atoms with Gasteiger partial charge in [-0.15, -0.1) is 11.3 Å². The van der Waals surface area contributed by atoms with Crippen LogP contribution in [0.4, 0.5) is 5.13 Å². The van der Waals surface area contributed by atoms with Crippen molar-refractivity contribution in [1.82, 2.24) is 4.98 Å². The van der Waals surface area contributed by atoms with Gasteiger partial charge in [0.1, 0.15) is 5.75 Å². The minimum Gasteiger partial charge on any atom is -0.497 e. The molecule has 4 rings (SSSR count). The van der Waals surface area contributed by atoms with Gasteiger partial charge in [0, 0.05) is 17.5 Å². The number of hydrogen-bond donors (Lipinski definition) is 1. The Morgan fingerprint density at radius 3 is 2.88 bits per heavy atom. The Kier molecular flexibility index (Phi) is 4.24. The number of nitrogens with one attached hydrogen (secondary N) is 1. The molecule has 0 spiro atoms. The predicted molar refractivity (Wildman–Crippen MR) is 104 cm³/mol. The zero-order valence-corrected chi connectivity index (χ0v) is 15.5. The molecule has 2 aromatic carbocycles. The Balaban J connectivity index is 1.78. The van der Waals surface area contributed by atoms with Crippen LogP contribution in [-0.2, 0) is 11.2 Å². The third kappa shape index (κ3) is 2.78. The van der Waals surface area contributed by atoms with Crippen molar-refractivity contribution in [1.29, 1.82) is 0 Å². The second-order valence-corrected chi connectivity index (χ2v) is 7.69. The number of aromatic nitrogens is 1. The lowest BCUT2D eigenvalue weighted by Crippen LogP contribution is -2.37. The smallest absolute Gasteiger partial charge is 0.233 e. The van der Waals surface area contributed by atoms with Gasteiger partial charge in [0.2, 0.25) is 5.91 Å². The van der Waals surface area contributed by atoms with Gasteiger partial charge in [0.05, 0.1) is 12.5 Å². The van der Waals surface area contributed by atoms with Gasteiger partial charge in [-0.3, -0.25) is 4.79 Å². The van der Waals surface area contributed by atoms with Crippen molar-refractivity contribution < 1.29 is 9.53 Å². The summed E-state index contributed by atoms with van der Waals surface area (Å²) in [7, 11) is 1.66. The van der Waals surface area contributed by atoms with E-state index in [9.17, 15) is 4.79 Å². The lowest BCUT2D eigenvalue weighted by Gasteiger charge is -2.31. The summed E-state index contributed by atoms with van der Waals surface area (Å²) in [4.78, 5) is 17.5. The molecule has 0 radical (unpaired) electrons. The van der Waals surface area contributed by atoms with Crippen LogP contribution in [0.2, 0.25) is 0 Å². The van der Waals surface area contributed by atoms with Crippen molar-refractivity contribution in [2.24, 2.45) is 5.41 Å². The molecule has 2 atom stereocenters. The number of ether oxygens (including phenoxy) is 1. The van der Waals surface area contributed by atoms with Gasteiger partial charge < -0.3 is 10.1 Å². The number of hydrogen-bond acceptors (Lipinski definition) is 4. The topological polar surface area (TPSA) is 51.2 Å². The highest BCUT2D eigenvalue weighted by Crippen LogP contribution is 2.51. The first-order chi connectivity index (χ1) is 12.6. The van der Waals surface area contributed by atoms with Gasteiger partial charge in [-0.1, -0.05) is 36.4 Å². The molecule has 1 heterocycles. The summed E-state index contributed by atoms with van der Waals surface area (Å²) >= 11 is 1.43. The van der Waals surface area contributed by atoms with Crippen molar-refractivity contribution in [2.45, 2.75) is 19.3 Å². The first-order valence-corrected chi connectivity index (χ1v) is 9.42. The molecular weight excluding hydrogens is 344 g/mol. The van der Waals surface area contributed by atoms with Gasteiger partial charge in [-0.25, -0.2) is 4.98 Å². The third-order valence-corrected chi connectivity index (χ3v) is 5.85. The number of benzene rings is 2. The van der Waals surface area contributed by atoms with Crippen LogP contribution in [0.1, 0.15) is 29.5 Å². The first kappa shape index (κ1) is 16.8. The maximum absolute atomic E-state index is 13.3. The van der Waals surface area contributed by atoms with E-state index in [1.54, 1.807) is 13.3 Å². The molecule has 0 fully saturated rings. The molecule has 1 amide bonds. The minimum absolute atomic E-state index is 0.00327. The molecule has 2 unspecified atom stereocenters. The maximum Gasteiger partial charge on any atom is 0.233 e. The molecule has 0 aliphatic heterocycles. The van der Waals surface area contributed by atoms with E-state index in [-0.39, 0.29) is 11.8 Å². The molecule has 1 N–H and O–H groups in total. The number of carbonyl (C=O) groups is 1. The molecule has 1 aromatic heterocycles. The van der Waals surface area contributed by atoms with Gasteiger partial charge >= 0.3 is 0 Å². The number of anilines is 1. The van der Waals surface area contributed by atoms with Crippen LogP contribution < -0.4 is 10.1 Å². The average Bonchev–Trinajstić information content (AvgIpc) is 3.27. The van der Waals surface area contributed by atoms with Crippen LogP contribution in [-0.4, -0.2) is 18.0 Å². The molecule has 0 saturated carbocycles. The van der Waals surface area contributed by atoms with Crippen LogP contribution in [0, 0.1) is 5.41 Å². The summed E-state index contributed by atoms with van der Waals surface area (Å²) < 4.78 is 5.41. The Bertz CT molecular complexity index is 939. The van der Waals surface area contributed by atoms with Crippen LogP contribution in [0.5, 0.6) is 5.75 Å². The summed E-state index contributed by atoms with van der Waals surface area (Å²) in [6, 6.07) is 16.3. The Hall–Kier alpha value is -2.66. The zero-order chi connectivity index (χ0) is 18.1. The Morgan fingerprint density at radius 2 is 2.12 bits per heavy atom. The number of carbonyl (C=O) groups excluding carboxylic acids is 1. The van der Waals surface area contributed by atoms with Gasteiger partial charge in [0.15, 0.2) is 5.13 Å². The zero-order valence-electron chi connectivity index (χ0n) is 14.7. The van der Waals surface area contributed by atoms with E-state index in [1.165, 1.54) is 22.5 Å². The standard InChI is InChI=1S/C21H20N2O2S/c1-21(19(24)23-20-22-10-11-26-20)13-15-6-3-4-9-17(15)18(21)14-7-5-8-16(12-14)25-2/h3-12,18H,13H2,1-2H3,(H,22,23,24). The molecule has 1 aliphatic rings. The van der Waals surface area contributed by atoms with Crippen LogP contribution in [0.25, 0.3) is 0 Å². The summed E-state index contributed by atoms with van der Waals surface area (Å²) in [5, 5.41) is 5.50. The highest BCUT2D eigenvalue weighted by molar-refractivity contribution is 7.13. The summed E-state index contributed by atoms with van der Waals surface area (Å²) in [5.41, 5.74) is 2.92. The number of methoxy groups -OCH3 is 1. The van der Waals surface area contributed by atoms with Crippen molar-refractivity contribution >= 4 is 22.4 Å². The van der Waals surface area contributed by atoms with Crippen molar-refractivity contribution in [3.8, 4) is 5.75 Å². The van der Waals surface area contributed by atoms with Crippen LogP contribution in [0.3, 0.4) is 0 Å². The van der Waals surface area contributed by atoms with E-state index in [4.69, 9.17) is 4.74 Å². The first-order valence-electron chi connectivity index (χ1n) is 8.54. The third-order valence-electron chi connectivity index (χ3n) is 5.16. The lowest BCUT2D eigenvalue weighted by atomic mass is 9.73. The van der Waals surface area contributed by atoms with Gasteiger partial charge in [-0.2, -0.15) is 0 Å². The number of nitrogens with zero attached hydrogens (tertiary/aromatic N) is 1. The number of fused-ring (bicyclic) bond motifs is 1. The Morgan fingerprint density at radius 1 is 1.27 bits per heavy atom. The van der Waals surface area contributed by atoms with Crippen molar-refractivity contribution in [3.63, 3.8) is 0 Å². The molecule has 3 aromatic rings. The second kappa shape index (κ2) is 6.57. The molecule has 132 valence electrons. The molecule has 1 aliphatic carbocycles. The fourth-order valence-corrected chi connectivity index (χ4v) is 4.45. The number of thiazole rings is 1. The van der Waals surface area contributed by atoms with Gasteiger partial charge in [-0.05, 0) is 42.2 Å². The van der Waals surface area contributed by atoms with E-state index in [2.05, 4.69) is 28.5 Å². The van der Waals surface area contributed by atoms with Crippen molar-refractivity contribution in [2.75, 3.05) is 12.4 Å². The van der Waals surface area contributed by atoms with E-state index in [0.717, 1.165) is 11.3 Å². The fraction of sp³-hybridized carbons (Fsp3) is 0.238. The average molecular weight is 364 g/mol. The highest BCUT2D eigenvalue weighted by atomic mass is 32.1. The maximum atomic E-state index is 13.3. The normalized spacial score (nSPS) is 21.2. The molecule has 5 heteroatoms. The molecule has 4 nitrogen and oxygen atoms in total. The van der Waals surface area contributed by atoms with Crippen LogP contribution in [0.15, 0.2) is 60.1 Å². The quantitative estimate of drug-likeness (QED) is 0.742. The summed E-state index contributed by atoms with van der Waals surface area (Å²) in [6.07, 6.45) is 2.40. The predicted octanol–water partition coefficient (Wildman–Crippen LogP) is 4.48. The fourth-order valence-electron chi connectivity index (χ4n) is 3.92. The summed E-state index contributed by atoms with van der Waals surface area (Å²) in [5.74, 6) is 0.764. The number of amides is 1. The second-order valence-electron chi connectivity index (χ2n) is 6.79. The Labute approximate surface area is 156 Å². The number of rotatable bonds is 4. The SMILES string of the molecule is COc1cccc(C2c3ccccc3CC2(C)C(=O)Nc2nccs2)c1. The van der Waals surface area contributed by atoms with Gasteiger partial charge in [0.25, 0.3) is 0 Å². The van der Waals surface area contributed by atoms with E-state index >= 15 is 0 Å². The summed E-state index contributed by atoms with van der Waals surface area (Å²) in [6.45, 7) is 2.04. The monoisotopic (exact) mass is 364 g/mol. The molecule has 0 bridgehead atoms. The van der Waals surface area contributed by atoms with Crippen LogP contribution >= 0.6 is 11.3 Å². The highest BCUT2D eigenvalue weighted by Gasteiger charge is 2.48.